The first-order valence-electron chi connectivity index (χ1n) is 9.73. The highest BCUT2D eigenvalue weighted by Gasteiger charge is 2.21. The van der Waals surface area contributed by atoms with E-state index in [-0.39, 0.29) is 11.8 Å². The molecule has 4 rings (SSSR count). The van der Waals surface area contributed by atoms with E-state index in [9.17, 15) is 4.79 Å². The number of carbonyl (C=O) groups is 1. The maximum atomic E-state index is 12.7. The van der Waals surface area contributed by atoms with Gasteiger partial charge in [0.25, 0.3) is 0 Å². The number of fused-ring (bicyclic) bond motifs is 1. The third kappa shape index (κ3) is 4.15. The van der Waals surface area contributed by atoms with E-state index in [4.69, 9.17) is 0 Å². The van der Waals surface area contributed by atoms with Crippen LogP contribution in [0, 0.1) is 0 Å². The van der Waals surface area contributed by atoms with E-state index in [1.807, 2.05) is 54.7 Å². The van der Waals surface area contributed by atoms with Gasteiger partial charge in [-0.15, -0.1) is 0 Å². The maximum Gasteiger partial charge on any atom is 0.220 e. The van der Waals surface area contributed by atoms with Gasteiger partial charge in [0, 0.05) is 36.0 Å². The minimum atomic E-state index is 0.0223. The molecule has 2 N–H and O–H groups in total. The second-order valence-electron chi connectivity index (χ2n) is 7.04. The van der Waals surface area contributed by atoms with Crippen LogP contribution in [-0.2, 0) is 11.2 Å². The zero-order valence-electron chi connectivity index (χ0n) is 15.8. The fourth-order valence-electron chi connectivity index (χ4n) is 3.72. The molecule has 140 valence electrons. The van der Waals surface area contributed by atoms with Gasteiger partial charge in [-0.25, -0.2) is 0 Å². The highest BCUT2D eigenvalue weighted by Crippen LogP contribution is 2.33. The van der Waals surface area contributed by atoms with Crippen molar-refractivity contribution in [2.24, 2.45) is 0 Å². The highest BCUT2D eigenvalue weighted by atomic mass is 16.1. The molecular weight excluding hydrogens is 344 g/mol. The summed E-state index contributed by atoms with van der Waals surface area (Å²) in [6.07, 6.45) is 3.32. The Kier molecular flexibility index (Phi) is 5.53. The number of benzene rings is 3. The molecule has 1 amide bonds. The Morgan fingerprint density at radius 1 is 0.857 bits per heavy atom. The Bertz CT molecular complexity index is 1040. The molecule has 0 fully saturated rings. The van der Waals surface area contributed by atoms with E-state index >= 15 is 0 Å². The van der Waals surface area contributed by atoms with Crippen molar-refractivity contribution in [1.82, 2.24) is 10.3 Å². The molecule has 0 radical (unpaired) electrons. The molecule has 1 heterocycles. The molecule has 28 heavy (non-hydrogen) atoms. The molecule has 1 unspecified atom stereocenters. The minimum Gasteiger partial charge on any atom is -0.361 e. The summed E-state index contributed by atoms with van der Waals surface area (Å²) in [6.45, 7) is 0.651. The summed E-state index contributed by atoms with van der Waals surface area (Å²) in [5.41, 5.74) is 4.66. The average molecular weight is 368 g/mol. The van der Waals surface area contributed by atoms with E-state index in [0.717, 1.165) is 17.5 Å². The molecular formula is C25H24N2O. The van der Waals surface area contributed by atoms with Crippen LogP contribution in [0.5, 0.6) is 0 Å². The second-order valence-corrected chi connectivity index (χ2v) is 7.04. The van der Waals surface area contributed by atoms with E-state index < -0.39 is 0 Å². The number of carbonyl (C=O) groups excluding carboxylic acids is 1. The van der Waals surface area contributed by atoms with Crippen molar-refractivity contribution in [2.75, 3.05) is 6.54 Å². The summed E-state index contributed by atoms with van der Waals surface area (Å²) in [7, 11) is 0. The van der Waals surface area contributed by atoms with Crippen LogP contribution in [-0.4, -0.2) is 17.4 Å². The summed E-state index contributed by atoms with van der Waals surface area (Å²) in [5.74, 6) is 0.101. The molecule has 0 saturated carbocycles. The minimum absolute atomic E-state index is 0.0223. The second kappa shape index (κ2) is 8.57. The van der Waals surface area contributed by atoms with Crippen LogP contribution in [0.1, 0.15) is 29.0 Å². The summed E-state index contributed by atoms with van der Waals surface area (Å²) in [4.78, 5) is 16.1. The summed E-state index contributed by atoms with van der Waals surface area (Å²) in [5, 5.41) is 4.27. The first-order valence-corrected chi connectivity index (χ1v) is 9.73. The Hall–Kier alpha value is -3.33. The molecule has 0 aliphatic heterocycles. The molecule has 0 spiro atoms. The van der Waals surface area contributed by atoms with Gasteiger partial charge in [-0.05, 0) is 29.2 Å². The molecule has 0 aliphatic rings. The number of nitrogens with one attached hydrogen (secondary N) is 2. The highest BCUT2D eigenvalue weighted by molar-refractivity contribution is 5.86. The van der Waals surface area contributed by atoms with Gasteiger partial charge in [0.05, 0.1) is 0 Å². The van der Waals surface area contributed by atoms with E-state index in [2.05, 4.69) is 46.7 Å². The van der Waals surface area contributed by atoms with E-state index in [0.29, 0.717) is 13.0 Å². The third-order valence-corrected chi connectivity index (χ3v) is 5.17. The van der Waals surface area contributed by atoms with Gasteiger partial charge in [-0.3, -0.25) is 4.79 Å². The van der Waals surface area contributed by atoms with Crippen molar-refractivity contribution in [2.45, 2.75) is 18.8 Å². The van der Waals surface area contributed by atoms with Crippen molar-refractivity contribution >= 4 is 16.8 Å². The molecule has 0 bridgehead atoms. The van der Waals surface area contributed by atoms with Crippen LogP contribution in [0.25, 0.3) is 10.9 Å². The monoisotopic (exact) mass is 368 g/mol. The summed E-state index contributed by atoms with van der Waals surface area (Å²) in [6, 6.07) is 28.8. The van der Waals surface area contributed by atoms with Crippen LogP contribution >= 0.6 is 0 Å². The van der Waals surface area contributed by atoms with Crippen LogP contribution in [0.15, 0.2) is 91.1 Å². The number of aromatic amines is 1. The van der Waals surface area contributed by atoms with Gasteiger partial charge in [0.15, 0.2) is 0 Å². The molecule has 3 aromatic carbocycles. The van der Waals surface area contributed by atoms with Gasteiger partial charge < -0.3 is 10.3 Å². The lowest BCUT2D eigenvalue weighted by atomic mass is 9.88. The number of amides is 1. The first kappa shape index (κ1) is 18.1. The van der Waals surface area contributed by atoms with Crippen LogP contribution < -0.4 is 5.32 Å². The van der Waals surface area contributed by atoms with E-state index in [1.54, 1.807) is 0 Å². The molecule has 4 aromatic rings. The number of hydrogen-bond donors (Lipinski definition) is 2. The molecule has 1 aromatic heterocycles. The summed E-state index contributed by atoms with van der Waals surface area (Å²) >= 11 is 0. The van der Waals surface area contributed by atoms with Gasteiger partial charge in [-0.2, -0.15) is 0 Å². The molecule has 1 atom stereocenters. The number of H-pyrrole nitrogens is 1. The molecule has 3 nitrogen and oxygen atoms in total. The lowest BCUT2D eigenvalue weighted by molar-refractivity contribution is -0.121. The van der Waals surface area contributed by atoms with E-state index in [1.165, 1.54) is 16.5 Å². The Balaban J connectivity index is 1.51. The fourth-order valence-corrected chi connectivity index (χ4v) is 3.72. The lowest BCUT2D eigenvalue weighted by Crippen LogP contribution is -2.27. The van der Waals surface area contributed by atoms with Crippen molar-refractivity contribution in [1.29, 1.82) is 0 Å². The normalized spacial score (nSPS) is 12.0. The van der Waals surface area contributed by atoms with Crippen molar-refractivity contribution in [3.05, 3.63) is 108 Å². The summed E-state index contributed by atoms with van der Waals surface area (Å²) < 4.78 is 0. The van der Waals surface area contributed by atoms with Crippen LogP contribution in [0.4, 0.5) is 0 Å². The smallest absolute Gasteiger partial charge is 0.220 e. The average Bonchev–Trinajstić information content (AvgIpc) is 3.17. The van der Waals surface area contributed by atoms with Gasteiger partial charge in [0.2, 0.25) is 5.91 Å². The molecule has 3 heteroatoms. The third-order valence-electron chi connectivity index (χ3n) is 5.17. The Morgan fingerprint density at radius 3 is 2.32 bits per heavy atom. The first-order chi connectivity index (χ1) is 13.8. The number of aromatic nitrogens is 1. The SMILES string of the molecule is O=C(CC(c1ccccc1)c1c[nH]c2ccccc12)NCCc1ccccc1. The van der Waals surface area contributed by atoms with Gasteiger partial charge >= 0.3 is 0 Å². The van der Waals surface area contributed by atoms with Crippen molar-refractivity contribution in [3.8, 4) is 0 Å². The number of para-hydroxylation sites is 1. The predicted molar refractivity (Wildman–Crippen MR) is 114 cm³/mol. The largest absolute Gasteiger partial charge is 0.361 e. The van der Waals surface area contributed by atoms with Crippen LogP contribution in [0.2, 0.25) is 0 Å². The van der Waals surface area contributed by atoms with Crippen LogP contribution in [0.3, 0.4) is 0 Å². The Morgan fingerprint density at radius 2 is 1.54 bits per heavy atom. The molecule has 0 aliphatic carbocycles. The standard InChI is InChI=1S/C25H24N2O/c28-25(26-16-15-19-9-3-1-4-10-19)17-22(20-11-5-2-6-12-20)23-18-27-24-14-8-7-13-21(23)24/h1-14,18,22,27H,15-17H2,(H,26,28). The topological polar surface area (TPSA) is 44.9 Å². The zero-order valence-corrected chi connectivity index (χ0v) is 15.8. The fraction of sp³-hybridized carbons (Fsp3) is 0.160. The van der Waals surface area contributed by atoms with Gasteiger partial charge in [-0.1, -0.05) is 78.9 Å². The Labute approximate surface area is 165 Å². The lowest BCUT2D eigenvalue weighted by Gasteiger charge is -2.17. The zero-order chi connectivity index (χ0) is 19.2. The van der Waals surface area contributed by atoms with Crippen molar-refractivity contribution in [3.63, 3.8) is 0 Å². The van der Waals surface area contributed by atoms with Crippen molar-refractivity contribution < 1.29 is 4.79 Å². The number of rotatable bonds is 7. The number of hydrogen-bond acceptors (Lipinski definition) is 1. The van der Waals surface area contributed by atoms with Gasteiger partial charge in [0.1, 0.15) is 0 Å². The predicted octanol–water partition coefficient (Wildman–Crippen LogP) is 5.05. The molecule has 0 saturated heterocycles. The maximum absolute atomic E-state index is 12.7. The quantitative estimate of drug-likeness (QED) is 0.471.